The van der Waals surface area contributed by atoms with Gasteiger partial charge in [-0.3, -0.25) is 10.1 Å². The van der Waals surface area contributed by atoms with E-state index in [1.54, 1.807) is 12.1 Å². The summed E-state index contributed by atoms with van der Waals surface area (Å²) in [6.07, 6.45) is 0. The molecular weight excluding hydrogens is 410 g/mol. The first kappa shape index (κ1) is 20.6. The second-order valence-corrected chi connectivity index (χ2v) is 7.49. The average Bonchev–Trinajstić information content (AvgIpc) is 3.19. The number of aromatic nitrogens is 1. The maximum absolute atomic E-state index is 12.7. The van der Waals surface area contributed by atoms with Gasteiger partial charge >= 0.3 is 0 Å². The second kappa shape index (κ2) is 8.57. The zero-order chi connectivity index (χ0) is 22.0. The van der Waals surface area contributed by atoms with Gasteiger partial charge in [0.1, 0.15) is 11.3 Å². The largest absolute Gasteiger partial charge is 0.496 e. The molecule has 0 aliphatic rings. The standard InChI is InChI=1S/C24H21N3O3S/c1-14-11-12-16(23-25-18-9-4-5-10-20(18)30-23)13-19(14)26-24(31)27-22(28)17-8-6-7-15(2)21(17)29-3/h4-13H,1-3H3,(H2,26,27,28,31). The lowest BCUT2D eigenvalue weighted by molar-refractivity contribution is 0.0974. The van der Waals surface area contributed by atoms with Crippen LogP contribution in [0.3, 0.4) is 0 Å². The van der Waals surface area contributed by atoms with Gasteiger partial charge in [-0.15, -0.1) is 0 Å². The van der Waals surface area contributed by atoms with Crippen LogP contribution in [0.4, 0.5) is 5.69 Å². The fourth-order valence-electron chi connectivity index (χ4n) is 3.31. The Morgan fingerprint density at radius 3 is 2.61 bits per heavy atom. The quantitative estimate of drug-likeness (QED) is 0.430. The number of ether oxygens (including phenoxy) is 1. The van der Waals surface area contributed by atoms with E-state index in [1.807, 2.05) is 62.4 Å². The molecule has 1 amide bonds. The number of methoxy groups -OCH3 is 1. The maximum atomic E-state index is 12.7. The maximum Gasteiger partial charge on any atom is 0.261 e. The molecule has 0 radical (unpaired) electrons. The molecule has 0 unspecified atom stereocenters. The molecule has 0 saturated carbocycles. The summed E-state index contributed by atoms with van der Waals surface area (Å²) in [7, 11) is 1.54. The number of oxazole rings is 1. The number of fused-ring (bicyclic) bond motifs is 1. The molecule has 3 aromatic carbocycles. The highest BCUT2D eigenvalue weighted by Crippen LogP contribution is 2.28. The van der Waals surface area contributed by atoms with E-state index in [9.17, 15) is 4.79 Å². The molecule has 0 fully saturated rings. The summed E-state index contributed by atoms with van der Waals surface area (Å²) in [5.74, 6) is 0.700. The SMILES string of the molecule is COc1c(C)cccc1C(=O)NC(=S)Nc1cc(-c2nc3ccccc3o2)ccc1C. The zero-order valence-corrected chi connectivity index (χ0v) is 18.2. The number of anilines is 1. The molecule has 1 aromatic heterocycles. The molecule has 1 heterocycles. The van der Waals surface area contributed by atoms with Crippen molar-refractivity contribution in [1.29, 1.82) is 0 Å². The van der Waals surface area contributed by atoms with Crippen LogP contribution in [0.5, 0.6) is 5.75 Å². The molecule has 31 heavy (non-hydrogen) atoms. The zero-order valence-electron chi connectivity index (χ0n) is 17.4. The van der Waals surface area contributed by atoms with E-state index < -0.39 is 0 Å². The van der Waals surface area contributed by atoms with Gasteiger partial charge in [-0.1, -0.05) is 30.3 Å². The van der Waals surface area contributed by atoms with E-state index in [0.717, 1.165) is 33.5 Å². The van der Waals surface area contributed by atoms with Crippen LogP contribution in [0, 0.1) is 13.8 Å². The van der Waals surface area contributed by atoms with Crippen LogP contribution in [-0.4, -0.2) is 23.1 Å². The summed E-state index contributed by atoms with van der Waals surface area (Å²) in [5, 5.41) is 6.00. The summed E-state index contributed by atoms with van der Waals surface area (Å²) in [6, 6.07) is 18.8. The van der Waals surface area contributed by atoms with Crippen LogP contribution >= 0.6 is 12.2 Å². The normalized spacial score (nSPS) is 10.7. The molecule has 0 bridgehead atoms. The van der Waals surface area contributed by atoms with Crippen molar-refractivity contribution in [2.45, 2.75) is 13.8 Å². The molecule has 0 aliphatic carbocycles. The summed E-state index contributed by atoms with van der Waals surface area (Å²) in [5.41, 5.74) is 5.33. The van der Waals surface area contributed by atoms with Crippen molar-refractivity contribution >= 4 is 40.0 Å². The van der Waals surface area contributed by atoms with Crippen molar-refractivity contribution < 1.29 is 13.9 Å². The van der Waals surface area contributed by atoms with Crippen LogP contribution in [0.2, 0.25) is 0 Å². The number of hydrogen-bond acceptors (Lipinski definition) is 5. The average molecular weight is 432 g/mol. The van der Waals surface area contributed by atoms with Gasteiger partial charge in [0.2, 0.25) is 5.89 Å². The molecule has 6 nitrogen and oxygen atoms in total. The Balaban J connectivity index is 1.54. The molecule has 0 saturated heterocycles. The number of aryl methyl sites for hydroxylation is 2. The van der Waals surface area contributed by atoms with Gasteiger partial charge < -0.3 is 14.5 Å². The minimum atomic E-state index is -0.342. The molecule has 4 rings (SSSR count). The van der Waals surface area contributed by atoms with Gasteiger partial charge in [0.25, 0.3) is 5.91 Å². The van der Waals surface area contributed by atoms with Crippen LogP contribution in [0.1, 0.15) is 21.5 Å². The van der Waals surface area contributed by atoms with Crippen molar-refractivity contribution in [1.82, 2.24) is 10.3 Å². The number of hydrogen-bond donors (Lipinski definition) is 2. The fourth-order valence-corrected chi connectivity index (χ4v) is 3.51. The highest BCUT2D eigenvalue weighted by molar-refractivity contribution is 7.80. The van der Waals surface area contributed by atoms with Crippen LogP contribution in [0.25, 0.3) is 22.6 Å². The third-order valence-corrected chi connectivity index (χ3v) is 5.12. The Kier molecular flexibility index (Phi) is 5.68. The number of amides is 1. The monoisotopic (exact) mass is 431 g/mol. The number of nitrogens with zero attached hydrogens (tertiary/aromatic N) is 1. The van der Waals surface area contributed by atoms with E-state index >= 15 is 0 Å². The van der Waals surface area contributed by atoms with Gasteiger partial charge in [0.15, 0.2) is 10.7 Å². The van der Waals surface area contributed by atoms with E-state index in [0.29, 0.717) is 17.2 Å². The smallest absolute Gasteiger partial charge is 0.261 e. The first-order chi connectivity index (χ1) is 15.0. The number of thiocarbonyl (C=S) groups is 1. The summed E-state index contributed by atoms with van der Waals surface area (Å²) in [4.78, 5) is 17.2. The van der Waals surface area contributed by atoms with Crippen LogP contribution < -0.4 is 15.4 Å². The number of rotatable bonds is 4. The highest BCUT2D eigenvalue weighted by atomic mass is 32.1. The van der Waals surface area contributed by atoms with E-state index in [-0.39, 0.29) is 11.0 Å². The van der Waals surface area contributed by atoms with Gasteiger partial charge in [0.05, 0.1) is 12.7 Å². The van der Waals surface area contributed by atoms with E-state index in [4.69, 9.17) is 21.4 Å². The van der Waals surface area contributed by atoms with Gasteiger partial charge in [-0.05, 0) is 67.5 Å². The third-order valence-electron chi connectivity index (χ3n) is 4.91. The Morgan fingerprint density at radius 2 is 1.84 bits per heavy atom. The predicted octanol–water partition coefficient (Wildman–Crippen LogP) is 5.25. The first-order valence-corrected chi connectivity index (χ1v) is 10.1. The molecule has 156 valence electrons. The minimum absolute atomic E-state index is 0.186. The van der Waals surface area contributed by atoms with Crippen molar-refractivity contribution in [3.05, 3.63) is 77.4 Å². The lowest BCUT2D eigenvalue weighted by Crippen LogP contribution is -2.34. The predicted molar refractivity (Wildman–Crippen MR) is 126 cm³/mol. The Hall–Kier alpha value is -3.71. The Bertz CT molecular complexity index is 1260. The van der Waals surface area contributed by atoms with Crippen molar-refractivity contribution in [2.75, 3.05) is 12.4 Å². The highest BCUT2D eigenvalue weighted by Gasteiger charge is 2.16. The van der Waals surface area contributed by atoms with Gasteiger partial charge in [0, 0.05) is 11.3 Å². The third kappa shape index (κ3) is 4.27. The lowest BCUT2D eigenvalue weighted by Gasteiger charge is -2.14. The Morgan fingerprint density at radius 1 is 1.03 bits per heavy atom. The summed E-state index contributed by atoms with van der Waals surface area (Å²) >= 11 is 5.37. The van der Waals surface area contributed by atoms with Crippen molar-refractivity contribution in [3.63, 3.8) is 0 Å². The molecular formula is C24H21N3O3S. The number of carbonyl (C=O) groups excluding carboxylic acids is 1. The van der Waals surface area contributed by atoms with Crippen molar-refractivity contribution in [2.24, 2.45) is 0 Å². The molecule has 4 aromatic rings. The lowest BCUT2D eigenvalue weighted by atomic mass is 10.1. The van der Waals surface area contributed by atoms with Crippen molar-refractivity contribution in [3.8, 4) is 17.2 Å². The van der Waals surface area contributed by atoms with Crippen LogP contribution in [-0.2, 0) is 0 Å². The summed E-state index contributed by atoms with van der Waals surface area (Å²) in [6.45, 7) is 3.83. The number of nitrogens with one attached hydrogen (secondary N) is 2. The molecule has 0 aliphatic heterocycles. The van der Waals surface area contributed by atoms with Gasteiger partial charge in [-0.2, -0.15) is 0 Å². The minimum Gasteiger partial charge on any atom is -0.496 e. The summed E-state index contributed by atoms with van der Waals surface area (Å²) < 4.78 is 11.2. The van der Waals surface area contributed by atoms with Crippen LogP contribution in [0.15, 0.2) is 65.1 Å². The Labute approximate surface area is 185 Å². The first-order valence-electron chi connectivity index (χ1n) is 9.69. The van der Waals surface area contributed by atoms with E-state index in [1.165, 1.54) is 7.11 Å². The second-order valence-electron chi connectivity index (χ2n) is 7.08. The molecule has 0 spiro atoms. The van der Waals surface area contributed by atoms with E-state index in [2.05, 4.69) is 15.6 Å². The van der Waals surface area contributed by atoms with Gasteiger partial charge in [-0.25, -0.2) is 4.98 Å². The number of benzene rings is 3. The topological polar surface area (TPSA) is 76.4 Å². The molecule has 0 atom stereocenters. The molecule has 2 N–H and O–H groups in total. The fraction of sp³-hybridized carbons (Fsp3) is 0.125. The number of para-hydroxylation sites is 3. The molecule has 7 heteroatoms. The number of carbonyl (C=O) groups is 1.